The molecule has 1 atom stereocenters. The largest absolute Gasteiger partial charge is 0.496 e. The van der Waals surface area contributed by atoms with Crippen molar-refractivity contribution in [2.24, 2.45) is 5.73 Å². The molecule has 2 fully saturated rings. The number of hydrogen-bond donors (Lipinski definition) is 2. The Labute approximate surface area is 175 Å². The topological polar surface area (TPSA) is 67.6 Å². The summed E-state index contributed by atoms with van der Waals surface area (Å²) in [7, 11) is 1.71. The molecule has 0 spiro atoms. The predicted molar refractivity (Wildman–Crippen MR) is 114 cm³/mol. The molecule has 1 unspecified atom stereocenters. The third kappa shape index (κ3) is 5.74. The van der Waals surface area contributed by atoms with Crippen molar-refractivity contribution in [3.8, 4) is 5.75 Å². The molecule has 0 bridgehead atoms. The van der Waals surface area contributed by atoms with Crippen LogP contribution >= 0.6 is 24.8 Å². The number of likely N-dealkylation sites (tertiary alicyclic amines) is 1. The highest BCUT2D eigenvalue weighted by Gasteiger charge is 2.37. The monoisotopic (exact) mass is 417 g/mol. The highest BCUT2D eigenvalue weighted by molar-refractivity contribution is 5.86. The molecule has 3 N–H and O–H groups in total. The van der Waals surface area contributed by atoms with E-state index < -0.39 is 5.54 Å². The lowest BCUT2D eigenvalue weighted by molar-refractivity contribution is -0.126. The normalized spacial score (nSPS) is 20.1. The number of benzene rings is 1. The maximum atomic E-state index is 12.7. The number of methoxy groups -OCH3 is 1. The number of halogens is 2. The van der Waals surface area contributed by atoms with Gasteiger partial charge in [-0.3, -0.25) is 9.69 Å². The minimum absolute atomic E-state index is 0. The van der Waals surface area contributed by atoms with Crippen LogP contribution in [0.4, 0.5) is 0 Å². The first kappa shape index (κ1) is 24.0. The summed E-state index contributed by atoms with van der Waals surface area (Å²) in [5.41, 5.74) is 6.78. The van der Waals surface area contributed by atoms with Crippen molar-refractivity contribution in [2.75, 3.05) is 26.7 Å². The van der Waals surface area contributed by atoms with Crippen molar-refractivity contribution in [3.63, 3.8) is 0 Å². The number of rotatable bonds is 6. The summed E-state index contributed by atoms with van der Waals surface area (Å²) in [6, 6.07) is 8.26. The lowest BCUT2D eigenvalue weighted by Gasteiger charge is -2.36. The first-order valence-corrected chi connectivity index (χ1v) is 9.58. The molecule has 5 nitrogen and oxygen atoms in total. The standard InChI is InChI=1S/C20H31N3O2.2ClH/c1-25-18-10-4-3-9-16(18)17(23-13-7-2-8-14-23)15-22-19(24)20(21)11-5-6-12-20;;/h3-4,9-10,17H,2,5-8,11-15,21H2,1H3,(H,22,24);2*1H. The van der Waals surface area contributed by atoms with E-state index in [9.17, 15) is 4.79 Å². The van der Waals surface area contributed by atoms with E-state index in [1.807, 2.05) is 18.2 Å². The summed E-state index contributed by atoms with van der Waals surface area (Å²) in [6.45, 7) is 2.71. The zero-order chi connectivity index (χ0) is 17.7. The molecule has 1 aromatic carbocycles. The fourth-order valence-electron chi connectivity index (χ4n) is 4.21. The molecule has 27 heavy (non-hydrogen) atoms. The van der Waals surface area contributed by atoms with Crippen LogP contribution in [0.5, 0.6) is 5.75 Å². The average molecular weight is 418 g/mol. The van der Waals surface area contributed by atoms with Crippen molar-refractivity contribution < 1.29 is 9.53 Å². The van der Waals surface area contributed by atoms with Crippen molar-refractivity contribution in [2.45, 2.75) is 56.5 Å². The molecular weight excluding hydrogens is 385 g/mol. The van der Waals surface area contributed by atoms with Gasteiger partial charge in [0.05, 0.1) is 18.7 Å². The molecule has 1 saturated heterocycles. The van der Waals surface area contributed by atoms with E-state index in [2.05, 4.69) is 16.3 Å². The molecule has 0 aromatic heterocycles. The molecule has 2 aliphatic rings. The molecule has 7 heteroatoms. The van der Waals surface area contributed by atoms with Crippen LogP contribution in [0.1, 0.15) is 56.6 Å². The zero-order valence-electron chi connectivity index (χ0n) is 16.1. The molecule has 154 valence electrons. The minimum Gasteiger partial charge on any atom is -0.496 e. The molecule has 1 aliphatic carbocycles. The number of nitrogens with one attached hydrogen (secondary N) is 1. The van der Waals surface area contributed by atoms with E-state index >= 15 is 0 Å². The highest BCUT2D eigenvalue weighted by atomic mass is 35.5. The number of carbonyl (C=O) groups is 1. The van der Waals surface area contributed by atoms with Crippen molar-refractivity contribution in [1.82, 2.24) is 10.2 Å². The second-order valence-corrected chi connectivity index (χ2v) is 7.43. The van der Waals surface area contributed by atoms with Gasteiger partial charge in [-0.1, -0.05) is 37.5 Å². The van der Waals surface area contributed by atoms with Gasteiger partial charge in [-0.2, -0.15) is 0 Å². The van der Waals surface area contributed by atoms with Gasteiger partial charge in [-0.15, -0.1) is 24.8 Å². The number of carbonyl (C=O) groups excluding carboxylic acids is 1. The van der Waals surface area contributed by atoms with Crippen molar-refractivity contribution >= 4 is 30.7 Å². The number of piperidine rings is 1. The van der Waals surface area contributed by atoms with E-state index in [-0.39, 0.29) is 36.8 Å². The van der Waals surface area contributed by atoms with Crippen molar-refractivity contribution in [1.29, 1.82) is 0 Å². The van der Waals surface area contributed by atoms with Gasteiger partial charge in [0, 0.05) is 12.1 Å². The third-order valence-electron chi connectivity index (χ3n) is 5.73. The van der Waals surface area contributed by atoms with Gasteiger partial charge in [-0.25, -0.2) is 0 Å². The molecule has 1 aliphatic heterocycles. The summed E-state index contributed by atoms with van der Waals surface area (Å²) < 4.78 is 5.58. The number of hydrogen-bond acceptors (Lipinski definition) is 4. The Morgan fingerprint density at radius 2 is 1.78 bits per heavy atom. The smallest absolute Gasteiger partial charge is 0.240 e. The lowest BCUT2D eigenvalue weighted by Crippen LogP contribution is -2.53. The van der Waals surface area contributed by atoms with Gasteiger partial charge >= 0.3 is 0 Å². The maximum absolute atomic E-state index is 12.7. The lowest BCUT2D eigenvalue weighted by atomic mass is 9.97. The van der Waals surface area contributed by atoms with Crippen molar-refractivity contribution in [3.05, 3.63) is 29.8 Å². The Morgan fingerprint density at radius 1 is 1.15 bits per heavy atom. The fourth-order valence-corrected chi connectivity index (χ4v) is 4.21. The van der Waals surface area contributed by atoms with Gasteiger partial charge in [0.2, 0.25) is 5.91 Å². The molecule has 1 aromatic rings. The van der Waals surface area contributed by atoms with Gasteiger partial charge in [0.1, 0.15) is 5.75 Å². The Bertz CT molecular complexity index is 588. The molecule has 1 saturated carbocycles. The number of para-hydroxylation sites is 1. The summed E-state index contributed by atoms with van der Waals surface area (Å²) in [5, 5.41) is 3.15. The number of nitrogens with two attached hydrogens (primary N) is 1. The number of ether oxygens (including phenoxy) is 1. The molecular formula is C20H33Cl2N3O2. The van der Waals surface area contributed by atoms with Crippen LogP contribution in [0.3, 0.4) is 0 Å². The Hall–Kier alpha value is -1.01. The van der Waals surface area contributed by atoms with Crippen LogP contribution in [0, 0.1) is 0 Å². The zero-order valence-corrected chi connectivity index (χ0v) is 17.7. The van der Waals surface area contributed by atoms with E-state index in [1.165, 1.54) is 19.3 Å². The molecule has 3 rings (SSSR count). The summed E-state index contributed by atoms with van der Waals surface area (Å²) in [6.07, 6.45) is 7.38. The first-order valence-electron chi connectivity index (χ1n) is 9.58. The summed E-state index contributed by atoms with van der Waals surface area (Å²) >= 11 is 0. The quantitative estimate of drug-likeness (QED) is 0.743. The minimum atomic E-state index is -0.673. The van der Waals surface area contributed by atoms with E-state index in [0.717, 1.165) is 50.1 Å². The van der Waals surface area contributed by atoms with Gasteiger partial charge in [0.15, 0.2) is 0 Å². The number of amides is 1. The van der Waals surface area contributed by atoms with Crippen LogP contribution in [0.2, 0.25) is 0 Å². The molecule has 1 amide bonds. The Morgan fingerprint density at radius 3 is 2.41 bits per heavy atom. The van der Waals surface area contributed by atoms with Gasteiger partial charge < -0.3 is 15.8 Å². The van der Waals surface area contributed by atoms with Crippen LogP contribution in [0.25, 0.3) is 0 Å². The van der Waals surface area contributed by atoms with Crippen LogP contribution in [-0.4, -0.2) is 43.1 Å². The van der Waals surface area contributed by atoms with E-state index in [1.54, 1.807) is 7.11 Å². The molecule has 0 radical (unpaired) electrons. The third-order valence-corrected chi connectivity index (χ3v) is 5.73. The second kappa shape index (κ2) is 11.1. The van der Waals surface area contributed by atoms with Crippen LogP contribution in [-0.2, 0) is 4.79 Å². The number of nitrogens with zero attached hydrogens (tertiary/aromatic N) is 1. The van der Waals surface area contributed by atoms with E-state index in [0.29, 0.717) is 6.54 Å². The Kier molecular flexibility index (Phi) is 9.88. The summed E-state index contributed by atoms with van der Waals surface area (Å²) in [4.78, 5) is 15.1. The van der Waals surface area contributed by atoms with Crippen LogP contribution in [0.15, 0.2) is 24.3 Å². The second-order valence-electron chi connectivity index (χ2n) is 7.43. The maximum Gasteiger partial charge on any atom is 0.240 e. The highest BCUT2D eigenvalue weighted by Crippen LogP contribution is 2.32. The SMILES string of the molecule is COc1ccccc1C(CNC(=O)C1(N)CCCC1)N1CCCCC1.Cl.Cl. The first-order chi connectivity index (χ1) is 12.1. The van der Waals surface area contributed by atoms with Gasteiger partial charge in [0.25, 0.3) is 0 Å². The predicted octanol–water partition coefficient (Wildman–Crippen LogP) is 3.45. The van der Waals surface area contributed by atoms with Gasteiger partial charge in [-0.05, 0) is 44.8 Å². The molecule has 1 heterocycles. The Balaban J connectivity index is 0.00000182. The van der Waals surface area contributed by atoms with E-state index in [4.69, 9.17) is 10.5 Å². The average Bonchev–Trinajstić information content (AvgIpc) is 3.11. The summed E-state index contributed by atoms with van der Waals surface area (Å²) in [5.74, 6) is 0.887. The fraction of sp³-hybridized carbons (Fsp3) is 0.650. The van der Waals surface area contributed by atoms with Crippen LogP contribution < -0.4 is 15.8 Å².